The third-order valence-corrected chi connectivity index (χ3v) is 0.325. The van der Waals surface area contributed by atoms with Crippen LogP contribution in [-0.4, -0.2) is 12.1 Å². The quantitative estimate of drug-likeness (QED) is 0.326. The summed E-state index contributed by atoms with van der Waals surface area (Å²) in [4.78, 5) is 9.21. The molecule has 1 atom stereocenters. The second-order valence-electron chi connectivity index (χ2n) is 0.935. The third kappa shape index (κ3) is 6.40. The van der Waals surface area contributed by atoms with E-state index in [1.54, 1.807) is 0 Å². The molecule has 0 rings (SSSR count). The van der Waals surface area contributed by atoms with Gasteiger partial charge in [-0.05, 0) is 6.92 Å². The van der Waals surface area contributed by atoms with E-state index in [0.29, 0.717) is 0 Å². The minimum atomic E-state index is -1.84. The minimum Gasteiger partial charge on any atom is -0.547 e. The van der Waals surface area contributed by atoms with Gasteiger partial charge in [-0.2, -0.15) is 0 Å². The van der Waals surface area contributed by atoms with Crippen molar-refractivity contribution in [1.82, 2.24) is 0 Å². The monoisotopic (exact) mass is 113 g/mol. The fraction of sp³-hybridized carbons (Fsp3) is 0.667. The predicted octanol–water partition coefficient (Wildman–Crippen LogP) is -3.90. The molecule has 0 aromatic heterocycles. The van der Waals surface area contributed by atoms with E-state index in [1.165, 1.54) is 0 Å². The number of carbonyl (C=O) groups excluding carboxylic acids is 1. The van der Waals surface area contributed by atoms with Crippen molar-refractivity contribution in [3.63, 3.8) is 0 Å². The van der Waals surface area contributed by atoms with Gasteiger partial charge < -0.3 is 9.90 Å². The predicted molar refractivity (Wildman–Crippen MR) is 15.6 cm³/mol. The third-order valence-electron chi connectivity index (χ3n) is 0.325. The van der Waals surface area contributed by atoms with Crippen molar-refractivity contribution in [1.29, 1.82) is 0 Å². The van der Waals surface area contributed by atoms with E-state index in [0.717, 1.165) is 6.92 Å². The fourth-order valence-electron chi connectivity index (χ4n) is 0. The fourth-order valence-corrected chi connectivity index (χ4v) is 0. The zero-order valence-electron chi connectivity index (χ0n) is 4.27. The van der Waals surface area contributed by atoms with E-state index >= 15 is 0 Å². The zero-order valence-corrected chi connectivity index (χ0v) is 6.27. The first-order valence-corrected chi connectivity index (χ1v) is 1.49. The van der Waals surface area contributed by atoms with Crippen molar-refractivity contribution in [2.45, 2.75) is 13.1 Å². The Morgan fingerprint density at radius 3 is 2.00 bits per heavy atom. The Hall–Kier alpha value is 0.400. The Balaban J connectivity index is 0. The number of aliphatic carboxylic acids is 1. The van der Waals surface area contributed by atoms with Crippen LogP contribution < -0.4 is 34.7 Å². The second-order valence-corrected chi connectivity index (χ2v) is 0.935. The van der Waals surface area contributed by atoms with Gasteiger partial charge in [0.1, 0.15) is 6.17 Å². The molecule has 0 amide bonds. The molecule has 0 radical (unpaired) electrons. The summed E-state index contributed by atoms with van der Waals surface area (Å²) in [5.41, 5.74) is 0. The molecule has 0 bridgehead atoms. The normalized spacial score (nSPS) is 11.7. The van der Waals surface area contributed by atoms with E-state index in [1.807, 2.05) is 0 Å². The summed E-state index contributed by atoms with van der Waals surface area (Å²) in [7, 11) is 0. The first-order valence-electron chi connectivity index (χ1n) is 1.49. The van der Waals surface area contributed by atoms with Crippen molar-refractivity contribution in [2.24, 2.45) is 0 Å². The van der Waals surface area contributed by atoms with Gasteiger partial charge in [-0.1, -0.05) is 0 Å². The van der Waals surface area contributed by atoms with E-state index in [2.05, 4.69) is 0 Å². The number of rotatable bonds is 1. The molecular weight excluding hydrogens is 109 g/mol. The number of hydrogen-bond donors (Lipinski definition) is 0. The maximum Gasteiger partial charge on any atom is 1.00 e. The van der Waals surface area contributed by atoms with Crippen LogP contribution in [0.5, 0.6) is 0 Å². The van der Waals surface area contributed by atoms with E-state index in [4.69, 9.17) is 0 Å². The van der Waals surface area contributed by atoms with Gasteiger partial charge in [-0.15, -0.1) is 0 Å². The van der Waals surface area contributed by atoms with Gasteiger partial charge in [0.2, 0.25) is 0 Å². The zero-order chi connectivity index (χ0) is 5.15. The van der Waals surface area contributed by atoms with Crippen molar-refractivity contribution in [3.05, 3.63) is 0 Å². The Morgan fingerprint density at radius 2 is 2.00 bits per heavy atom. The smallest absolute Gasteiger partial charge is 0.547 e. The molecule has 0 aliphatic heterocycles. The summed E-state index contributed by atoms with van der Waals surface area (Å²) >= 11 is 0. The Morgan fingerprint density at radius 1 is 1.86 bits per heavy atom. The Kier molecular flexibility index (Phi) is 6.77. The molecular formula is C3H4FNaO2. The van der Waals surface area contributed by atoms with Crippen LogP contribution in [0.2, 0.25) is 0 Å². The number of alkyl halides is 1. The molecule has 1 unspecified atom stereocenters. The topological polar surface area (TPSA) is 40.1 Å². The molecule has 36 valence electrons. The van der Waals surface area contributed by atoms with Gasteiger partial charge in [0.05, 0.1) is 5.97 Å². The van der Waals surface area contributed by atoms with Crippen LogP contribution in [0.1, 0.15) is 6.92 Å². The Labute approximate surface area is 63.0 Å². The summed E-state index contributed by atoms with van der Waals surface area (Å²) in [6, 6.07) is 0. The van der Waals surface area contributed by atoms with Crippen molar-refractivity contribution in [2.75, 3.05) is 0 Å². The first-order chi connectivity index (χ1) is 2.64. The van der Waals surface area contributed by atoms with Gasteiger partial charge in [-0.3, -0.25) is 0 Å². The number of hydrogen-bond acceptors (Lipinski definition) is 2. The van der Waals surface area contributed by atoms with Gasteiger partial charge in [0, 0.05) is 0 Å². The SMILES string of the molecule is CC([18F])C(=O)[O-].[Na+]. The summed E-state index contributed by atoms with van der Waals surface area (Å²) in [6.07, 6.45) is -1.84. The minimum absolute atomic E-state index is 0. The summed E-state index contributed by atoms with van der Waals surface area (Å²) in [5, 5.41) is 9.21. The maximum absolute atomic E-state index is 11.2. The molecule has 0 saturated heterocycles. The van der Waals surface area contributed by atoms with E-state index in [-0.39, 0.29) is 29.6 Å². The van der Waals surface area contributed by atoms with Crippen LogP contribution in [0.4, 0.5) is 4.39 Å². The number of carboxylic acid groups (broad SMARTS) is 1. The Bertz CT molecular complexity index is 64.0. The molecule has 4 heteroatoms. The average Bonchev–Trinajstić information content (AvgIpc) is 1.36. The molecule has 0 aromatic rings. The van der Waals surface area contributed by atoms with E-state index in [9.17, 15) is 14.3 Å². The van der Waals surface area contributed by atoms with Crippen LogP contribution in [0.15, 0.2) is 0 Å². The van der Waals surface area contributed by atoms with Crippen LogP contribution in [0, 0.1) is 0 Å². The summed E-state index contributed by atoms with van der Waals surface area (Å²) in [5.74, 6) is -1.66. The standard InChI is InChI=1S/C3H5FO2.Na/c1-2(4)3(5)6;/h2H,1H3,(H,5,6);/q;+1/p-1/i4-1;. The van der Waals surface area contributed by atoms with Crippen LogP contribution in [0.3, 0.4) is 0 Å². The summed E-state index contributed by atoms with van der Waals surface area (Å²) in [6.45, 7) is 0.912. The molecule has 0 spiro atoms. The molecule has 0 aromatic carbocycles. The molecule has 0 saturated carbocycles. The summed E-state index contributed by atoms with van der Waals surface area (Å²) < 4.78 is 11.2. The van der Waals surface area contributed by atoms with Crippen LogP contribution in [0.25, 0.3) is 0 Å². The van der Waals surface area contributed by atoms with Crippen LogP contribution >= 0.6 is 0 Å². The van der Waals surface area contributed by atoms with E-state index < -0.39 is 12.1 Å². The van der Waals surface area contributed by atoms with Gasteiger partial charge in [0.25, 0.3) is 0 Å². The van der Waals surface area contributed by atoms with Gasteiger partial charge in [-0.25, -0.2) is 4.39 Å². The number of carbonyl (C=O) groups is 1. The van der Waals surface area contributed by atoms with Gasteiger partial charge >= 0.3 is 29.6 Å². The molecule has 2 nitrogen and oxygen atoms in total. The second kappa shape index (κ2) is 4.56. The van der Waals surface area contributed by atoms with Crippen molar-refractivity contribution < 1.29 is 43.8 Å². The average molecular weight is 113 g/mol. The molecule has 0 aliphatic rings. The largest absolute Gasteiger partial charge is 1.00 e. The molecule has 0 aliphatic carbocycles. The maximum atomic E-state index is 11.2. The molecule has 0 fully saturated rings. The molecule has 0 N–H and O–H groups in total. The molecule has 0 heterocycles. The van der Waals surface area contributed by atoms with Crippen LogP contribution in [-0.2, 0) is 4.79 Å². The number of halogens is 1. The molecule has 7 heavy (non-hydrogen) atoms. The first kappa shape index (κ1) is 10.4. The van der Waals surface area contributed by atoms with Crippen molar-refractivity contribution >= 4 is 5.97 Å². The van der Waals surface area contributed by atoms with Gasteiger partial charge in [0.15, 0.2) is 0 Å². The number of carboxylic acids is 1. The van der Waals surface area contributed by atoms with Crippen molar-refractivity contribution in [3.8, 4) is 0 Å².